The van der Waals surface area contributed by atoms with Gasteiger partial charge in [-0.25, -0.2) is 18.4 Å². The summed E-state index contributed by atoms with van der Waals surface area (Å²) in [5.74, 6) is -4.32. The number of carbonyl (C=O) groups is 3. The van der Waals surface area contributed by atoms with Gasteiger partial charge in [0, 0.05) is 36.3 Å². The van der Waals surface area contributed by atoms with Crippen LogP contribution < -0.4 is 9.47 Å². The highest BCUT2D eigenvalue weighted by atomic mass is 35.6. The third kappa shape index (κ3) is 10.5. The molecule has 1 aliphatic carbocycles. The molecule has 2 unspecified atom stereocenters. The number of rotatable bonds is 13. The lowest BCUT2D eigenvalue weighted by molar-refractivity contribution is -0.129. The van der Waals surface area contributed by atoms with Crippen LogP contribution in [-0.2, 0) is 28.9 Å². The van der Waals surface area contributed by atoms with E-state index in [0.717, 1.165) is 42.0 Å². The van der Waals surface area contributed by atoms with Crippen molar-refractivity contribution in [1.82, 2.24) is 14.7 Å². The molecule has 0 radical (unpaired) electrons. The highest BCUT2D eigenvalue weighted by Crippen LogP contribution is 2.45. The molecule has 2 atom stereocenters. The molecule has 0 spiro atoms. The first kappa shape index (κ1) is 46.4. The number of nitrogens with zero attached hydrogens (tertiary/aromatic N) is 3. The monoisotopic (exact) mass is 945 g/mol. The normalized spacial score (nSPS) is 17.7. The molecule has 2 bridgehead atoms. The number of ether oxygens (including phenoxy) is 3. The Hall–Kier alpha value is -4.62. The van der Waals surface area contributed by atoms with Gasteiger partial charge in [-0.15, -0.1) is 0 Å². The van der Waals surface area contributed by atoms with Crippen LogP contribution in [0.25, 0.3) is 5.57 Å². The van der Waals surface area contributed by atoms with Gasteiger partial charge in [0.2, 0.25) is 9.61 Å². The average molecular weight is 948 g/mol. The maximum Gasteiger partial charge on any atom is 0.415 e. The van der Waals surface area contributed by atoms with Gasteiger partial charge in [-0.2, -0.15) is 4.39 Å². The first-order valence-corrected chi connectivity index (χ1v) is 22.2. The molecule has 7 rings (SSSR count). The molecule has 2 fully saturated rings. The molecule has 3 amide bonds. The summed E-state index contributed by atoms with van der Waals surface area (Å²) in [4.78, 5) is 48.6. The van der Waals surface area contributed by atoms with Crippen LogP contribution in [0.15, 0.2) is 90.5 Å². The zero-order valence-corrected chi connectivity index (χ0v) is 37.8. The van der Waals surface area contributed by atoms with Crippen LogP contribution in [0, 0.1) is 17.5 Å². The molecular weight excluding hydrogens is 901 g/mol. The van der Waals surface area contributed by atoms with Crippen molar-refractivity contribution in [2.24, 2.45) is 0 Å². The second-order valence-electron chi connectivity index (χ2n) is 16.4. The first-order valence-electron chi connectivity index (χ1n) is 20.7. The van der Waals surface area contributed by atoms with E-state index < -0.39 is 56.9 Å². The highest BCUT2D eigenvalue weighted by Gasteiger charge is 2.52. The molecule has 0 aromatic heterocycles. The molecule has 3 aliphatic rings. The molecule has 2 aliphatic heterocycles. The van der Waals surface area contributed by atoms with Crippen LogP contribution in [0.3, 0.4) is 0 Å². The van der Waals surface area contributed by atoms with E-state index in [1.165, 1.54) is 23.6 Å². The zero-order chi connectivity index (χ0) is 45.2. The molecule has 63 heavy (non-hydrogen) atoms. The van der Waals surface area contributed by atoms with E-state index in [2.05, 4.69) is 0 Å². The number of alkyl halides is 3. The minimum atomic E-state index is -2.01. The summed E-state index contributed by atoms with van der Waals surface area (Å²) in [5, 5.41) is 0.499. The average Bonchev–Trinajstić information content (AvgIpc) is 4.09. The fourth-order valence-corrected chi connectivity index (χ4v) is 8.19. The van der Waals surface area contributed by atoms with E-state index in [9.17, 15) is 22.8 Å². The molecule has 16 heteroatoms. The SMILES string of the molecule is CCc1cccc(OC(=O)N2CC3CC(c4ccc(CCCOc5c(F)ccc(F)c5F)cc4)=C(C(=O)N(Cc4ccccc4Cl)C4CC4)C(C2)N3C(=O)OC(C)(C)C(Cl)(Cl)Cl)c1. The standard InChI is InChI=1S/C47H46Cl4F3N3O6/c1-4-28-9-7-12-34(23-28)62-44(59)55-26-33-24-35(30-16-14-29(15-17-30)10-8-22-61-42-38(53)21-20-37(52)41(42)54)40(39(27-55)57(33)45(60)63-46(2,3)47(49,50)51)43(58)56(32-18-19-32)25-31-11-5-6-13-36(31)48/h5-7,9,11-17,20-21,23,32-33,39H,4,8,10,18-19,22,24-27H2,1-3H3. The minimum absolute atomic E-state index is 0.0353. The summed E-state index contributed by atoms with van der Waals surface area (Å²) >= 11 is 25.5. The van der Waals surface area contributed by atoms with E-state index in [1.807, 2.05) is 61.5 Å². The smallest absolute Gasteiger partial charge is 0.415 e. The number of piperazine rings is 1. The van der Waals surface area contributed by atoms with Gasteiger partial charge in [-0.05, 0) is 111 Å². The maximum absolute atomic E-state index is 15.4. The van der Waals surface area contributed by atoms with Gasteiger partial charge in [0.1, 0.15) is 5.75 Å². The Morgan fingerprint density at radius 2 is 1.57 bits per heavy atom. The fraction of sp³-hybridized carbons (Fsp3) is 0.383. The van der Waals surface area contributed by atoms with Gasteiger partial charge < -0.3 is 24.0 Å². The molecule has 4 aromatic rings. The molecule has 2 heterocycles. The number of carbonyl (C=O) groups excluding carboxylic acids is 3. The van der Waals surface area contributed by atoms with Crippen molar-refractivity contribution in [2.45, 2.75) is 93.4 Å². The van der Waals surface area contributed by atoms with Gasteiger partial charge in [0.15, 0.2) is 23.0 Å². The Bertz CT molecular complexity index is 2390. The van der Waals surface area contributed by atoms with E-state index in [4.69, 9.17) is 60.6 Å². The van der Waals surface area contributed by atoms with Crippen molar-refractivity contribution < 1.29 is 41.8 Å². The maximum atomic E-state index is 15.4. The van der Waals surface area contributed by atoms with Crippen LogP contribution in [-0.4, -0.2) is 80.0 Å². The lowest BCUT2D eigenvalue weighted by atomic mass is 9.81. The van der Waals surface area contributed by atoms with Gasteiger partial charge in [0.05, 0.1) is 18.7 Å². The molecule has 334 valence electrons. The van der Waals surface area contributed by atoms with Crippen molar-refractivity contribution >= 4 is 70.1 Å². The lowest BCUT2D eigenvalue weighted by Crippen LogP contribution is -2.66. The van der Waals surface area contributed by atoms with Crippen molar-refractivity contribution in [3.8, 4) is 11.5 Å². The largest absolute Gasteiger partial charge is 0.488 e. The molecule has 0 N–H and O–H groups in total. The van der Waals surface area contributed by atoms with Crippen molar-refractivity contribution in [2.75, 3.05) is 19.7 Å². The van der Waals surface area contributed by atoms with Crippen LogP contribution in [0.5, 0.6) is 11.5 Å². The summed E-state index contributed by atoms with van der Waals surface area (Å²) in [7, 11) is 0. The third-order valence-corrected chi connectivity index (χ3v) is 13.3. The van der Waals surface area contributed by atoms with Crippen LogP contribution >= 0.6 is 46.4 Å². The number of hydrogen-bond donors (Lipinski definition) is 0. The first-order chi connectivity index (χ1) is 29.9. The molecular formula is C47H46Cl4F3N3O6. The third-order valence-electron chi connectivity index (χ3n) is 11.6. The highest BCUT2D eigenvalue weighted by molar-refractivity contribution is 6.68. The summed E-state index contributed by atoms with van der Waals surface area (Å²) in [6.07, 6.45) is 1.75. The number of benzene rings is 4. The van der Waals surface area contributed by atoms with Gasteiger partial charge >= 0.3 is 12.2 Å². The Morgan fingerprint density at radius 3 is 2.25 bits per heavy atom. The number of aryl methyl sites for hydroxylation is 2. The number of halogens is 7. The van der Waals surface area contributed by atoms with E-state index in [0.29, 0.717) is 46.4 Å². The Kier molecular flexibility index (Phi) is 14.2. The zero-order valence-electron chi connectivity index (χ0n) is 34.8. The van der Waals surface area contributed by atoms with Crippen molar-refractivity contribution in [3.63, 3.8) is 0 Å². The fourth-order valence-electron chi connectivity index (χ4n) is 7.88. The number of amides is 3. The quantitative estimate of drug-likeness (QED) is 0.0754. The summed E-state index contributed by atoms with van der Waals surface area (Å²) in [6.45, 7) is 4.99. The Morgan fingerprint density at radius 1 is 0.857 bits per heavy atom. The number of fused-ring (bicyclic) bond motifs is 2. The van der Waals surface area contributed by atoms with Gasteiger partial charge in [0.25, 0.3) is 5.91 Å². The van der Waals surface area contributed by atoms with Crippen LogP contribution in [0.4, 0.5) is 22.8 Å². The summed E-state index contributed by atoms with van der Waals surface area (Å²) in [6, 6.07) is 21.7. The summed E-state index contributed by atoms with van der Waals surface area (Å²) < 4.78 is 57.0. The summed E-state index contributed by atoms with van der Waals surface area (Å²) in [5.41, 5.74) is 2.69. The Labute approximate surface area is 384 Å². The van der Waals surface area contributed by atoms with Crippen LogP contribution in [0.2, 0.25) is 5.02 Å². The van der Waals surface area contributed by atoms with Crippen LogP contribution in [0.1, 0.15) is 68.7 Å². The molecule has 1 saturated carbocycles. The second-order valence-corrected chi connectivity index (χ2v) is 19.1. The topological polar surface area (TPSA) is 88.6 Å². The van der Waals surface area contributed by atoms with E-state index in [-0.39, 0.29) is 44.6 Å². The molecule has 4 aromatic carbocycles. The van der Waals surface area contributed by atoms with Crippen molar-refractivity contribution in [3.05, 3.63) is 135 Å². The van der Waals surface area contributed by atoms with Gasteiger partial charge in [-0.1, -0.05) is 108 Å². The molecule has 9 nitrogen and oxygen atoms in total. The number of hydrogen-bond acceptors (Lipinski definition) is 6. The van der Waals surface area contributed by atoms with Gasteiger partial charge in [-0.3, -0.25) is 9.69 Å². The Balaban J connectivity index is 1.25. The predicted molar refractivity (Wildman–Crippen MR) is 237 cm³/mol. The van der Waals surface area contributed by atoms with E-state index in [1.54, 1.807) is 23.1 Å². The van der Waals surface area contributed by atoms with Crippen molar-refractivity contribution in [1.29, 1.82) is 0 Å². The predicted octanol–water partition coefficient (Wildman–Crippen LogP) is 11.5. The minimum Gasteiger partial charge on any atom is -0.488 e. The lowest BCUT2D eigenvalue weighted by Gasteiger charge is -2.51. The molecule has 1 saturated heterocycles. The second kappa shape index (κ2) is 19.2. The van der Waals surface area contributed by atoms with E-state index >= 15 is 4.79 Å².